The Balaban J connectivity index is 2.09. The maximum atomic E-state index is 13.5. The van der Waals surface area contributed by atoms with E-state index in [1.807, 2.05) is 0 Å². The normalized spacial score (nSPS) is 13.8. The molecule has 0 spiro atoms. The minimum Gasteiger partial charge on any atom is -0.463 e. The quantitative estimate of drug-likeness (QED) is 0.911. The second kappa shape index (κ2) is 5.65. The van der Waals surface area contributed by atoms with Crippen molar-refractivity contribution in [2.75, 3.05) is 6.54 Å². The van der Waals surface area contributed by atoms with Crippen LogP contribution in [0.2, 0.25) is 0 Å². The van der Waals surface area contributed by atoms with Gasteiger partial charge in [-0.15, -0.1) is 0 Å². The average molecular weight is 295 g/mol. The first-order valence-corrected chi connectivity index (χ1v) is 6.33. The molecule has 1 amide bonds. The summed E-state index contributed by atoms with van der Waals surface area (Å²) in [6, 6.07) is 6.59. The van der Waals surface area contributed by atoms with Crippen molar-refractivity contribution < 1.29 is 23.1 Å². The van der Waals surface area contributed by atoms with Gasteiger partial charge in [0.2, 0.25) is 0 Å². The third-order valence-corrected chi connectivity index (χ3v) is 3.06. The lowest BCUT2D eigenvalue weighted by atomic mass is 10.0. The third kappa shape index (κ3) is 3.28. The van der Waals surface area contributed by atoms with Crippen LogP contribution in [-0.2, 0) is 5.60 Å². The molecule has 0 aliphatic carbocycles. The Kier molecular flexibility index (Phi) is 4.09. The fourth-order valence-electron chi connectivity index (χ4n) is 1.84. The zero-order valence-electron chi connectivity index (χ0n) is 11.6. The predicted molar refractivity (Wildman–Crippen MR) is 71.7 cm³/mol. The Hall–Kier alpha value is -2.21. The SMILES string of the molecule is Cc1ccc(C(C)(O)CNC(=O)c2cccc(F)c2F)o1. The van der Waals surface area contributed by atoms with Gasteiger partial charge in [-0.2, -0.15) is 0 Å². The maximum absolute atomic E-state index is 13.5. The summed E-state index contributed by atoms with van der Waals surface area (Å²) in [4.78, 5) is 11.8. The fraction of sp³-hybridized carbons (Fsp3) is 0.267. The van der Waals surface area contributed by atoms with E-state index < -0.39 is 28.7 Å². The zero-order valence-corrected chi connectivity index (χ0v) is 11.6. The number of aryl methyl sites for hydroxylation is 1. The molecule has 0 saturated carbocycles. The number of nitrogens with one attached hydrogen (secondary N) is 1. The van der Waals surface area contributed by atoms with E-state index in [0.29, 0.717) is 5.76 Å². The molecule has 0 aliphatic rings. The third-order valence-electron chi connectivity index (χ3n) is 3.06. The lowest BCUT2D eigenvalue weighted by Crippen LogP contribution is -2.38. The van der Waals surface area contributed by atoms with Crippen LogP contribution in [0.15, 0.2) is 34.7 Å². The van der Waals surface area contributed by atoms with Crippen LogP contribution in [0.25, 0.3) is 0 Å². The molecule has 2 N–H and O–H groups in total. The highest BCUT2D eigenvalue weighted by molar-refractivity contribution is 5.94. The van der Waals surface area contributed by atoms with E-state index in [4.69, 9.17) is 4.42 Å². The minimum absolute atomic E-state index is 0.200. The summed E-state index contributed by atoms with van der Waals surface area (Å²) < 4.78 is 31.8. The van der Waals surface area contributed by atoms with E-state index in [1.165, 1.54) is 19.1 Å². The molecule has 1 aromatic heterocycles. The molecule has 2 aromatic rings. The number of hydrogen-bond donors (Lipinski definition) is 2. The smallest absolute Gasteiger partial charge is 0.254 e. The Bertz CT molecular complexity index is 665. The van der Waals surface area contributed by atoms with Gasteiger partial charge in [-0.05, 0) is 38.1 Å². The van der Waals surface area contributed by atoms with E-state index in [9.17, 15) is 18.7 Å². The summed E-state index contributed by atoms with van der Waals surface area (Å²) in [6.07, 6.45) is 0. The molecule has 1 heterocycles. The molecular formula is C15H15F2NO3. The van der Waals surface area contributed by atoms with Gasteiger partial charge in [0, 0.05) is 0 Å². The summed E-state index contributed by atoms with van der Waals surface area (Å²) in [6.45, 7) is 2.97. The lowest BCUT2D eigenvalue weighted by Gasteiger charge is -2.21. The Morgan fingerprint density at radius 2 is 2.05 bits per heavy atom. The van der Waals surface area contributed by atoms with Crippen molar-refractivity contribution in [2.45, 2.75) is 19.4 Å². The molecule has 0 saturated heterocycles. The first-order valence-electron chi connectivity index (χ1n) is 6.33. The highest BCUT2D eigenvalue weighted by atomic mass is 19.2. The van der Waals surface area contributed by atoms with Crippen molar-refractivity contribution in [1.29, 1.82) is 0 Å². The van der Waals surface area contributed by atoms with Crippen LogP contribution in [0.5, 0.6) is 0 Å². The van der Waals surface area contributed by atoms with Crippen LogP contribution in [0.3, 0.4) is 0 Å². The highest BCUT2D eigenvalue weighted by Gasteiger charge is 2.28. The zero-order chi connectivity index (χ0) is 15.6. The Morgan fingerprint density at radius 1 is 1.33 bits per heavy atom. The van der Waals surface area contributed by atoms with Crippen molar-refractivity contribution in [3.63, 3.8) is 0 Å². The molecule has 1 atom stereocenters. The van der Waals surface area contributed by atoms with Crippen LogP contribution in [-0.4, -0.2) is 17.6 Å². The summed E-state index contributed by atoms with van der Waals surface area (Å²) >= 11 is 0. The highest BCUT2D eigenvalue weighted by Crippen LogP contribution is 2.22. The van der Waals surface area contributed by atoms with Gasteiger partial charge in [0.15, 0.2) is 11.6 Å². The molecule has 0 fully saturated rings. The molecule has 0 aliphatic heterocycles. The summed E-state index contributed by atoms with van der Waals surface area (Å²) in [5.74, 6) is -2.23. The number of carbonyl (C=O) groups is 1. The molecule has 21 heavy (non-hydrogen) atoms. The second-order valence-corrected chi connectivity index (χ2v) is 4.97. The first-order chi connectivity index (χ1) is 9.81. The van der Waals surface area contributed by atoms with Crippen molar-refractivity contribution in [2.24, 2.45) is 0 Å². The van der Waals surface area contributed by atoms with E-state index in [1.54, 1.807) is 19.1 Å². The monoisotopic (exact) mass is 295 g/mol. The minimum atomic E-state index is -1.45. The van der Waals surface area contributed by atoms with Crippen molar-refractivity contribution >= 4 is 5.91 Å². The van der Waals surface area contributed by atoms with E-state index in [-0.39, 0.29) is 12.3 Å². The lowest BCUT2D eigenvalue weighted by molar-refractivity contribution is 0.0322. The van der Waals surface area contributed by atoms with Crippen LogP contribution in [0, 0.1) is 18.6 Å². The topological polar surface area (TPSA) is 62.5 Å². The van der Waals surface area contributed by atoms with Crippen LogP contribution < -0.4 is 5.32 Å². The molecule has 4 nitrogen and oxygen atoms in total. The van der Waals surface area contributed by atoms with E-state index >= 15 is 0 Å². The molecule has 6 heteroatoms. The van der Waals surface area contributed by atoms with Gasteiger partial charge in [0.05, 0.1) is 12.1 Å². The fourth-order valence-corrected chi connectivity index (χ4v) is 1.84. The van der Waals surface area contributed by atoms with Crippen LogP contribution >= 0.6 is 0 Å². The number of rotatable bonds is 4. The molecule has 2 rings (SSSR count). The number of furan rings is 1. The number of amides is 1. The van der Waals surface area contributed by atoms with Crippen molar-refractivity contribution in [1.82, 2.24) is 5.32 Å². The first kappa shape index (κ1) is 15.2. The molecule has 0 bridgehead atoms. The number of benzene rings is 1. The largest absolute Gasteiger partial charge is 0.463 e. The summed E-state index contributed by atoms with van der Waals surface area (Å²) in [7, 11) is 0. The second-order valence-electron chi connectivity index (χ2n) is 4.97. The number of hydrogen-bond acceptors (Lipinski definition) is 3. The molecule has 1 unspecified atom stereocenters. The summed E-state index contributed by atoms with van der Waals surface area (Å²) in [5, 5.41) is 12.6. The molecule has 112 valence electrons. The van der Waals surface area contributed by atoms with Gasteiger partial charge in [0.1, 0.15) is 17.1 Å². The van der Waals surface area contributed by atoms with E-state index in [0.717, 1.165) is 6.07 Å². The molecule has 1 aromatic carbocycles. The van der Waals surface area contributed by atoms with Gasteiger partial charge < -0.3 is 14.8 Å². The Labute approximate surface area is 120 Å². The number of aliphatic hydroxyl groups is 1. The van der Waals surface area contributed by atoms with Crippen molar-refractivity contribution in [3.8, 4) is 0 Å². The van der Waals surface area contributed by atoms with Gasteiger partial charge in [-0.1, -0.05) is 6.07 Å². The standard InChI is InChI=1S/C15H15F2NO3/c1-9-6-7-12(21-9)15(2,20)8-18-14(19)10-4-3-5-11(16)13(10)17/h3-7,20H,8H2,1-2H3,(H,18,19). The summed E-state index contributed by atoms with van der Waals surface area (Å²) in [5.41, 5.74) is -1.87. The Morgan fingerprint density at radius 3 is 2.67 bits per heavy atom. The van der Waals surface area contributed by atoms with E-state index in [2.05, 4.69) is 5.32 Å². The van der Waals surface area contributed by atoms with Gasteiger partial charge in [0.25, 0.3) is 5.91 Å². The maximum Gasteiger partial charge on any atom is 0.254 e. The average Bonchev–Trinajstić information content (AvgIpc) is 2.87. The van der Waals surface area contributed by atoms with Gasteiger partial charge >= 0.3 is 0 Å². The number of carbonyl (C=O) groups excluding carboxylic acids is 1. The number of halogens is 2. The van der Waals surface area contributed by atoms with Crippen LogP contribution in [0.1, 0.15) is 28.8 Å². The molecule has 0 radical (unpaired) electrons. The van der Waals surface area contributed by atoms with Crippen molar-refractivity contribution in [3.05, 3.63) is 59.1 Å². The van der Waals surface area contributed by atoms with Gasteiger partial charge in [-0.3, -0.25) is 4.79 Å². The predicted octanol–water partition coefficient (Wildman–Crippen LogP) is 2.50. The van der Waals surface area contributed by atoms with Gasteiger partial charge in [-0.25, -0.2) is 8.78 Å². The molecular weight excluding hydrogens is 280 g/mol. The van der Waals surface area contributed by atoms with Crippen LogP contribution in [0.4, 0.5) is 8.78 Å².